The molecule has 0 spiro atoms. The first-order valence-electron chi connectivity index (χ1n) is 11.2. The largest absolute Gasteiger partial charge is 0.382 e. The lowest BCUT2D eigenvalue weighted by Crippen LogP contribution is -2.40. The quantitative estimate of drug-likeness (QED) is 0.683. The first kappa shape index (κ1) is 23.1. The maximum Gasteiger partial charge on any atom is 0.287 e. The third kappa shape index (κ3) is 5.13. The van der Waals surface area contributed by atoms with Gasteiger partial charge in [0.15, 0.2) is 0 Å². The van der Waals surface area contributed by atoms with Crippen molar-refractivity contribution in [3.63, 3.8) is 0 Å². The zero-order valence-electron chi connectivity index (χ0n) is 18.2. The molecule has 2 fully saturated rings. The summed E-state index contributed by atoms with van der Waals surface area (Å²) < 4.78 is 34.3. The molecule has 0 amide bonds. The Morgan fingerprint density at radius 2 is 2.06 bits per heavy atom. The van der Waals surface area contributed by atoms with E-state index in [9.17, 15) is 13.6 Å². The Balaban J connectivity index is 1.37. The summed E-state index contributed by atoms with van der Waals surface area (Å²) in [4.78, 5) is 15.0. The zero-order chi connectivity index (χ0) is 22.7. The van der Waals surface area contributed by atoms with Crippen molar-refractivity contribution in [3.8, 4) is 0 Å². The van der Waals surface area contributed by atoms with Gasteiger partial charge in [-0.25, -0.2) is 13.5 Å². The highest BCUT2D eigenvalue weighted by Gasteiger charge is 2.28. The summed E-state index contributed by atoms with van der Waals surface area (Å²) in [6.07, 6.45) is 5.15. The van der Waals surface area contributed by atoms with Gasteiger partial charge in [0, 0.05) is 43.9 Å². The van der Waals surface area contributed by atoms with Crippen molar-refractivity contribution in [2.45, 2.75) is 44.7 Å². The van der Waals surface area contributed by atoms with E-state index in [1.54, 1.807) is 6.20 Å². The van der Waals surface area contributed by atoms with Crippen molar-refractivity contribution in [2.24, 2.45) is 5.92 Å². The molecule has 0 aliphatic carbocycles. The first-order chi connectivity index (χ1) is 15.4. The molecule has 2 aliphatic rings. The highest BCUT2D eigenvalue weighted by Crippen LogP contribution is 2.30. The van der Waals surface area contributed by atoms with E-state index in [-0.39, 0.29) is 22.7 Å². The minimum Gasteiger partial charge on any atom is -0.382 e. The van der Waals surface area contributed by atoms with Crippen molar-refractivity contribution in [2.75, 3.05) is 38.2 Å². The monoisotopic (exact) mass is 466 g/mol. The van der Waals surface area contributed by atoms with E-state index in [1.807, 2.05) is 6.92 Å². The van der Waals surface area contributed by atoms with Crippen LogP contribution in [0, 0.1) is 17.6 Å². The lowest BCUT2D eigenvalue weighted by molar-refractivity contribution is 0.0595. The van der Waals surface area contributed by atoms with Crippen LogP contribution in [0.3, 0.4) is 0 Å². The van der Waals surface area contributed by atoms with E-state index in [0.29, 0.717) is 56.3 Å². The summed E-state index contributed by atoms with van der Waals surface area (Å²) in [5.41, 5.74) is 0.728. The molecule has 174 valence electrons. The molecule has 2 saturated heterocycles. The predicted octanol–water partition coefficient (Wildman–Crippen LogP) is 4.41. The Hall–Kier alpha value is -2.03. The van der Waals surface area contributed by atoms with Crippen LogP contribution in [-0.4, -0.2) is 47.5 Å². The van der Waals surface area contributed by atoms with Crippen LogP contribution in [-0.2, 0) is 4.74 Å². The van der Waals surface area contributed by atoms with E-state index in [1.165, 1.54) is 16.8 Å². The number of anilines is 1. The molecular formula is C23H29ClF2N4O2. The van der Waals surface area contributed by atoms with E-state index < -0.39 is 11.6 Å². The minimum absolute atomic E-state index is 0.0673. The Bertz CT molecular complexity index is 988. The summed E-state index contributed by atoms with van der Waals surface area (Å²) in [5.74, 6) is -0.712. The maximum absolute atomic E-state index is 14.2. The second-order valence-corrected chi connectivity index (χ2v) is 9.07. The predicted molar refractivity (Wildman–Crippen MR) is 120 cm³/mol. The van der Waals surface area contributed by atoms with Gasteiger partial charge in [-0.05, 0) is 44.6 Å². The summed E-state index contributed by atoms with van der Waals surface area (Å²) in [6, 6.07) is 3.45. The van der Waals surface area contributed by atoms with E-state index in [2.05, 4.69) is 15.3 Å². The Labute approximate surface area is 191 Å². The molecule has 0 radical (unpaired) electrons. The van der Waals surface area contributed by atoms with E-state index in [4.69, 9.17) is 16.3 Å². The van der Waals surface area contributed by atoms with E-state index >= 15 is 0 Å². The van der Waals surface area contributed by atoms with Gasteiger partial charge >= 0.3 is 0 Å². The molecule has 6 nitrogen and oxygen atoms in total. The number of hydrogen-bond acceptors (Lipinski definition) is 5. The Kier molecular flexibility index (Phi) is 7.43. The van der Waals surface area contributed by atoms with Crippen LogP contribution in [0.15, 0.2) is 29.2 Å². The highest BCUT2D eigenvalue weighted by atomic mass is 35.5. The van der Waals surface area contributed by atoms with Crippen LogP contribution in [0.25, 0.3) is 0 Å². The lowest BCUT2D eigenvalue weighted by atomic mass is 10.00. The molecule has 4 rings (SSSR count). The normalized spacial score (nSPS) is 21.4. The molecule has 2 aromatic rings. The number of aromatic nitrogens is 2. The van der Waals surface area contributed by atoms with Crippen molar-refractivity contribution < 1.29 is 13.5 Å². The standard InChI is InChI=1S/C23H29ClF2N4O2/c1-15(19-5-4-17(25)11-20(19)26)29-8-6-18(7-9-29)30-23(31)22(24)21(13-28-30)27-12-16-3-2-10-32-14-16/h4-5,11,13,15-16,18,27H,2-3,6-10,12,14H2,1H3/t15-,16-/m1/s1. The second-order valence-electron chi connectivity index (χ2n) is 8.69. The smallest absolute Gasteiger partial charge is 0.287 e. The third-order valence-electron chi connectivity index (χ3n) is 6.58. The van der Waals surface area contributed by atoms with Crippen molar-refractivity contribution in [3.05, 3.63) is 57.0 Å². The number of ether oxygens (including phenoxy) is 1. The molecule has 0 bridgehead atoms. The summed E-state index contributed by atoms with van der Waals surface area (Å²) in [5, 5.41) is 7.78. The molecule has 9 heteroatoms. The zero-order valence-corrected chi connectivity index (χ0v) is 19.0. The fraction of sp³-hybridized carbons (Fsp3) is 0.565. The average molecular weight is 467 g/mol. The molecule has 1 aromatic heterocycles. The SMILES string of the molecule is C[C@H](c1ccc(F)cc1F)N1CCC(n2ncc(NC[C@H]3CCCOC3)c(Cl)c2=O)CC1. The lowest BCUT2D eigenvalue weighted by Gasteiger charge is -2.36. The fourth-order valence-corrected chi connectivity index (χ4v) is 4.81. The highest BCUT2D eigenvalue weighted by molar-refractivity contribution is 6.32. The van der Waals surface area contributed by atoms with Gasteiger partial charge in [-0.15, -0.1) is 0 Å². The average Bonchev–Trinajstić information content (AvgIpc) is 2.80. The molecule has 0 saturated carbocycles. The van der Waals surface area contributed by atoms with Crippen LogP contribution in [0.2, 0.25) is 5.02 Å². The van der Waals surface area contributed by atoms with Gasteiger partial charge in [0.1, 0.15) is 16.7 Å². The third-order valence-corrected chi connectivity index (χ3v) is 6.95. The first-order valence-corrected chi connectivity index (χ1v) is 11.6. The van der Waals surface area contributed by atoms with Crippen molar-refractivity contribution >= 4 is 17.3 Å². The maximum atomic E-state index is 14.2. The molecule has 32 heavy (non-hydrogen) atoms. The number of likely N-dealkylation sites (tertiary alicyclic amines) is 1. The van der Waals surface area contributed by atoms with Gasteiger partial charge in [0.2, 0.25) is 0 Å². The van der Waals surface area contributed by atoms with Crippen molar-refractivity contribution in [1.29, 1.82) is 0 Å². The van der Waals surface area contributed by atoms with Crippen LogP contribution in [0.5, 0.6) is 0 Å². The molecular weight excluding hydrogens is 438 g/mol. The van der Waals surface area contributed by atoms with E-state index in [0.717, 1.165) is 25.5 Å². The number of nitrogens with zero attached hydrogens (tertiary/aromatic N) is 3. The number of benzene rings is 1. The van der Waals surface area contributed by atoms with Gasteiger partial charge in [0.25, 0.3) is 5.56 Å². The van der Waals surface area contributed by atoms with Crippen LogP contribution in [0.4, 0.5) is 14.5 Å². The number of hydrogen-bond donors (Lipinski definition) is 1. The molecule has 2 atom stereocenters. The number of piperidine rings is 1. The Morgan fingerprint density at radius 1 is 1.28 bits per heavy atom. The van der Waals surface area contributed by atoms with Crippen LogP contribution in [0.1, 0.15) is 50.3 Å². The van der Waals surface area contributed by atoms with Crippen LogP contribution < -0.4 is 10.9 Å². The van der Waals surface area contributed by atoms with Crippen LogP contribution >= 0.6 is 11.6 Å². The van der Waals surface area contributed by atoms with Gasteiger partial charge in [-0.3, -0.25) is 9.69 Å². The summed E-state index contributed by atoms with van der Waals surface area (Å²) in [7, 11) is 0. The number of nitrogens with one attached hydrogen (secondary N) is 1. The van der Waals surface area contributed by atoms with Gasteiger partial charge in [0.05, 0.1) is 24.5 Å². The molecule has 2 aliphatic heterocycles. The topological polar surface area (TPSA) is 59.4 Å². The van der Waals surface area contributed by atoms with Gasteiger partial charge in [-0.2, -0.15) is 5.10 Å². The number of halogens is 3. The van der Waals surface area contributed by atoms with Crippen molar-refractivity contribution in [1.82, 2.24) is 14.7 Å². The summed E-state index contributed by atoms with van der Waals surface area (Å²) >= 11 is 6.37. The fourth-order valence-electron chi connectivity index (χ4n) is 4.61. The molecule has 3 heterocycles. The molecule has 1 aromatic carbocycles. The number of rotatable bonds is 6. The van der Waals surface area contributed by atoms with Gasteiger partial charge in [-0.1, -0.05) is 17.7 Å². The van der Waals surface area contributed by atoms with Gasteiger partial charge < -0.3 is 10.1 Å². The minimum atomic E-state index is -0.579. The summed E-state index contributed by atoms with van der Waals surface area (Å²) in [6.45, 7) is 5.49. The Morgan fingerprint density at radius 3 is 2.75 bits per heavy atom. The second kappa shape index (κ2) is 10.3. The molecule has 0 unspecified atom stereocenters. The molecule has 1 N–H and O–H groups in total.